The summed E-state index contributed by atoms with van der Waals surface area (Å²) in [6.45, 7) is 9.40. The Morgan fingerprint density at radius 3 is 2.09 bits per heavy atom. The van der Waals surface area contributed by atoms with Crippen molar-refractivity contribution in [2.45, 2.75) is 121 Å². The van der Waals surface area contributed by atoms with E-state index >= 15 is 0 Å². The number of nitrogens with one attached hydrogen (secondary N) is 1. The molecule has 0 radical (unpaired) electrons. The van der Waals surface area contributed by atoms with Crippen molar-refractivity contribution in [3.8, 4) is 0 Å². The van der Waals surface area contributed by atoms with Crippen LogP contribution in [0.15, 0.2) is 73.3 Å². The molecule has 304 valence electrons. The lowest BCUT2D eigenvalue weighted by atomic mass is 9.76. The number of aliphatic hydroxyl groups excluding tert-OH is 3. The lowest BCUT2D eigenvalue weighted by molar-refractivity contribution is -0.340. The van der Waals surface area contributed by atoms with E-state index in [0.717, 1.165) is 11.1 Å². The van der Waals surface area contributed by atoms with Gasteiger partial charge in [0.1, 0.15) is 37.1 Å². The molecule has 2 heterocycles. The number of hydrogen-bond donors (Lipinski definition) is 4. The zero-order valence-corrected chi connectivity index (χ0v) is 32.0. The molecule has 6 unspecified atom stereocenters. The maximum absolute atomic E-state index is 13.1. The highest BCUT2D eigenvalue weighted by molar-refractivity contribution is 5.72. The molecule has 2 aromatic rings. The monoisotopic (exact) mass is 771 g/mol. The number of ether oxygens (including phenoxy) is 8. The molecule has 5 rings (SSSR count). The molecule has 4 N–H and O–H groups in total. The number of rotatable bonds is 16. The van der Waals surface area contributed by atoms with E-state index < -0.39 is 85.9 Å². The maximum Gasteiger partial charge on any atom is 0.407 e. The second-order valence-corrected chi connectivity index (χ2v) is 14.5. The summed E-state index contributed by atoms with van der Waals surface area (Å²) >= 11 is 0. The predicted octanol–water partition coefficient (Wildman–Crippen LogP) is 3.64. The number of amides is 1. The highest BCUT2D eigenvalue weighted by atomic mass is 16.7. The van der Waals surface area contributed by atoms with E-state index in [0.29, 0.717) is 19.4 Å². The van der Waals surface area contributed by atoms with E-state index in [1.165, 1.54) is 13.2 Å². The van der Waals surface area contributed by atoms with Crippen molar-refractivity contribution in [2.24, 2.45) is 17.8 Å². The van der Waals surface area contributed by atoms with Crippen molar-refractivity contribution in [1.29, 1.82) is 0 Å². The fourth-order valence-electron chi connectivity index (χ4n) is 7.59. The van der Waals surface area contributed by atoms with Gasteiger partial charge in [-0.05, 0) is 36.8 Å². The number of aliphatic hydroxyl groups is 3. The van der Waals surface area contributed by atoms with Gasteiger partial charge in [0.15, 0.2) is 12.6 Å². The van der Waals surface area contributed by atoms with Crippen molar-refractivity contribution in [3.63, 3.8) is 0 Å². The van der Waals surface area contributed by atoms with Crippen LogP contribution in [0.25, 0.3) is 0 Å². The van der Waals surface area contributed by atoms with Gasteiger partial charge >= 0.3 is 12.1 Å². The fraction of sp³-hybridized carbons (Fsp3) is 0.610. The largest absolute Gasteiger partial charge is 0.469 e. The van der Waals surface area contributed by atoms with Crippen LogP contribution in [0.1, 0.15) is 51.2 Å². The van der Waals surface area contributed by atoms with Crippen LogP contribution in [0.3, 0.4) is 0 Å². The molecule has 2 aromatic carbocycles. The summed E-state index contributed by atoms with van der Waals surface area (Å²) in [4.78, 5) is 25.7. The Kier molecular flexibility index (Phi) is 16.0. The molecule has 2 saturated heterocycles. The van der Waals surface area contributed by atoms with Gasteiger partial charge in [-0.1, -0.05) is 93.6 Å². The van der Waals surface area contributed by atoms with Gasteiger partial charge in [0.2, 0.25) is 0 Å². The maximum atomic E-state index is 13.1. The van der Waals surface area contributed by atoms with E-state index in [4.69, 9.17) is 37.9 Å². The van der Waals surface area contributed by atoms with Gasteiger partial charge in [-0.3, -0.25) is 4.79 Å². The molecule has 0 bridgehead atoms. The molecule has 1 saturated carbocycles. The van der Waals surface area contributed by atoms with E-state index in [1.807, 2.05) is 74.5 Å². The SMILES string of the molecule is C=CCOC(=O)NC1C(O)[C@@H](O)[C@H](CO)O[C@H]1O[C@@H]1CC(C(=O)OC)C[C@@H](CC)C1O[C@@H]1OC(C)[C@@H](C)[C@H](OCc2ccccc2)C1OCc1ccccc1. The van der Waals surface area contributed by atoms with E-state index in [-0.39, 0.29) is 37.6 Å². The van der Waals surface area contributed by atoms with Gasteiger partial charge in [-0.2, -0.15) is 0 Å². The van der Waals surface area contributed by atoms with Gasteiger partial charge in [-0.25, -0.2) is 4.79 Å². The summed E-state index contributed by atoms with van der Waals surface area (Å²) in [5.41, 5.74) is 1.96. The zero-order chi connectivity index (χ0) is 39.5. The number of esters is 1. The lowest BCUT2D eigenvalue weighted by Gasteiger charge is -2.49. The first-order chi connectivity index (χ1) is 26.6. The molecular formula is C41H57NO13. The normalized spacial score (nSPS) is 35.0. The molecule has 2 aliphatic heterocycles. The molecule has 14 nitrogen and oxygen atoms in total. The second kappa shape index (κ2) is 20.6. The van der Waals surface area contributed by atoms with Crippen LogP contribution in [0.4, 0.5) is 4.79 Å². The van der Waals surface area contributed by atoms with Gasteiger partial charge in [0, 0.05) is 5.92 Å². The summed E-state index contributed by atoms with van der Waals surface area (Å²) in [6, 6.07) is 18.3. The molecule has 3 aliphatic rings. The van der Waals surface area contributed by atoms with Gasteiger partial charge in [0.05, 0.1) is 57.3 Å². The molecule has 0 aromatic heterocycles. The zero-order valence-electron chi connectivity index (χ0n) is 32.0. The highest BCUT2D eigenvalue weighted by Gasteiger charge is 2.52. The van der Waals surface area contributed by atoms with Crippen LogP contribution in [-0.4, -0.2) is 115 Å². The van der Waals surface area contributed by atoms with Crippen molar-refractivity contribution >= 4 is 12.1 Å². The fourth-order valence-corrected chi connectivity index (χ4v) is 7.59. The Morgan fingerprint density at radius 2 is 1.51 bits per heavy atom. The first-order valence-corrected chi connectivity index (χ1v) is 19.1. The molecule has 14 atom stereocenters. The number of carbonyl (C=O) groups is 2. The third-order valence-electron chi connectivity index (χ3n) is 10.9. The number of methoxy groups -OCH3 is 1. The molecular weight excluding hydrogens is 714 g/mol. The predicted molar refractivity (Wildman–Crippen MR) is 198 cm³/mol. The second-order valence-electron chi connectivity index (χ2n) is 14.5. The molecule has 1 aliphatic carbocycles. The lowest BCUT2D eigenvalue weighted by Crippen LogP contribution is -2.66. The van der Waals surface area contributed by atoms with E-state index in [1.54, 1.807) is 0 Å². The van der Waals surface area contributed by atoms with Crippen molar-refractivity contribution in [3.05, 3.63) is 84.4 Å². The Hall–Kier alpha value is -3.44. The number of carbonyl (C=O) groups excluding carboxylic acids is 2. The summed E-state index contributed by atoms with van der Waals surface area (Å²) in [7, 11) is 1.33. The quantitative estimate of drug-likeness (QED) is 0.144. The van der Waals surface area contributed by atoms with E-state index in [9.17, 15) is 24.9 Å². The smallest absolute Gasteiger partial charge is 0.407 e. The first kappa shape index (κ1) is 42.7. The summed E-state index contributed by atoms with van der Waals surface area (Å²) in [6.07, 6.45) is -8.20. The average molecular weight is 772 g/mol. The molecule has 55 heavy (non-hydrogen) atoms. The van der Waals surface area contributed by atoms with Crippen molar-refractivity contribution < 1.29 is 62.8 Å². The minimum atomic E-state index is -1.61. The topological polar surface area (TPSA) is 181 Å². The molecule has 0 spiro atoms. The standard InChI is InChI=1S/C41H57NO13/c1-6-18-49-41(47)42-32-34(45)33(44)31(21-43)54-39(32)53-30-20-29(38(46)48-5)19-28(7-2)36(30)55-40-37(51-23-27-16-12-9-13-17-27)35(24(3)25(4)52-40)50-22-26-14-10-8-11-15-26/h6,8-17,24-25,28-37,39-40,43-45H,1,7,18-23H2,2-5H3,(H,42,47)/t24-,25?,28-,29?,30-,31+,32?,33+,34?,35+,36?,37?,39-,40+/m1/s1. The third-order valence-corrected chi connectivity index (χ3v) is 10.9. The average Bonchev–Trinajstić information content (AvgIpc) is 3.20. The Bertz CT molecular complexity index is 1480. The third kappa shape index (κ3) is 10.9. The van der Waals surface area contributed by atoms with Gasteiger partial charge in [-0.15, -0.1) is 0 Å². The highest BCUT2D eigenvalue weighted by Crippen LogP contribution is 2.41. The van der Waals surface area contributed by atoms with Crippen molar-refractivity contribution in [2.75, 3.05) is 20.3 Å². The molecule has 1 amide bonds. The van der Waals surface area contributed by atoms with Crippen LogP contribution >= 0.6 is 0 Å². The van der Waals surface area contributed by atoms with Crippen LogP contribution < -0.4 is 5.32 Å². The minimum absolute atomic E-state index is 0.0833. The number of alkyl carbamates (subject to hydrolysis) is 1. The van der Waals surface area contributed by atoms with Crippen LogP contribution in [-0.2, 0) is 55.9 Å². The summed E-state index contributed by atoms with van der Waals surface area (Å²) in [5.74, 6) is -1.33. The van der Waals surface area contributed by atoms with Crippen molar-refractivity contribution in [1.82, 2.24) is 5.32 Å². The summed E-state index contributed by atoms with van der Waals surface area (Å²) < 4.78 is 49.7. The van der Waals surface area contributed by atoms with Crippen LogP contribution in [0.2, 0.25) is 0 Å². The molecule has 3 fully saturated rings. The number of hydrogen-bond acceptors (Lipinski definition) is 13. The Morgan fingerprint density at radius 1 is 0.873 bits per heavy atom. The minimum Gasteiger partial charge on any atom is -0.469 e. The Labute approximate surface area is 323 Å². The van der Waals surface area contributed by atoms with Crippen LogP contribution in [0.5, 0.6) is 0 Å². The van der Waals surface area contributed by atoms with E-state index in [2.05, 4.69) is 18.8 Å². The Balaban J connectivity index is 1.47. The number of benzene rings is 2. The van der Waals surface area contributed by atoms with Crippen LogP contribution in [0, 0.1) is 17.8 Å². The summed E-state index contributed by atoms with van der Waals surface area (Å²) in [5, 5.41) is 34.4. The molecule has 14 heteroatoms. The first-order valence-electron chi connectivity index (χ1n) is 19.1. The van der Waals surface area contributed by atoms with Gasteiger partial charge < -0.3 is 58.5 Å². The van der Waals surface area contributed by atoms with Gasteiger partial charge in [0.25, 0.3) is 0 Å².